The summed E-state index contributed by atoms with van der Waals surface area (Å²) in [6.45, 7) is 6.68. The third-order valence-corrected chi connectivity index (χ3v) is 9.77. The van der Waals surface area contributed by atoms with E-state index in [9.17, 15) is 9.59 Å². The number of rotatable bonds is 6. The summed E-state index contributed by atoms with van der Waals surface area (Å²) in [6, 6.07) is 25.6. The third-order valence-electron chi connectivity index (χ3n) is 9.77. The summed E-state index contributed by atoms with van der Waals surface area (Å²) in [4.78, 5) is 40.6. The molecule has 2 fully saturated rings. The van der Waals surface area contributed by atoms with E-state index >= 15 is 0 Å². The molecule has 0 N–H and O–H groups in total. The minimum absolute atomic E-state index is 0.0498. The zero-order chi connectivity index (χ0) is 29.6. The number of amides is 2. The van der Waals surface area contributed by atoms with Gasteiger partial charge in [0.1, 0.15) is 0 Å². The van der Waals surface area contributed by atoms with E-state index in [4.69, 9.17) is 0 Å². The molecule has 0 aliphatic carbocycles. The van der Waals surface area contributed by atoms with Crippen LogP contribution in [0.2, 0.25) is 0 Å². The molecule has 0 spiro atoms. The van der Waals surface area contributed by atoms with Crippen molar-refractivity contribution in [1.29, 1.82) is 0 Å². The minimum Gasteiger partial charge on any atom is -0.336 e. The zero-order valence-corrected chi connectivity index (χ0v) is 25.5. The average Bonchev–Trinajstić information content (AvgIpc) is 3.38. The molecule has 2 atom stereocenters. The van der Waals surface area contributed by atoms with Gasteiger partial charge in [0.05, 0.1) is 12.2 Å². The van der Waals surface area contributed by atoms with E-state index in [1.165, 1.54) is 5.56 Å². The summed E-state index contributed by atoms with van der Waals surface area (Å²) < 4.78 is 0. The molecule has 3 aliphatic rings. The summed E-state index contributed by atoms with van der Waals surface area (Å²) in [5, 5.41) is 0. The molecule has 0 radical (unpaired) electrons. The van der Waals surface area contributed by atoms with E-state index in [1.807, 2.05) is 41.4 Å². The maximum atomic E-state index is 14.1. The van der Waals surface area contributed by atoms with Gasteiger partial charge < -0.3 is 9.80 Å². The van der Waals surface area contributed by atoms with E-state index in [0.29, 0.717) is 38.1 Å². The molecule has 1 aromatic heterocycles. The number of pyridine rings is 1. The number of benzene rings is 2. The van der Waals surface area contributed by atoms with Gasteiger partial charge in [0.25, 0.3) is 0 Å². The Morgan fingerprint density at radius 2 is 1.56 bits per heavy atom. The predicted octanol–water partition coefficient (Wildman–Crippen LogP) is 5.15. The lowest BCUT2D eigenvalue weighted by Crippen LogP contribution is -2.48. The maximum Gasteiger partial charge on any atom is 0.237 e. The number of hydrogen-bond acceptors (Lipinski definition) is 5. The van der Waals surface area contributed by atoms with Crippen molar-refractivity contribution in [2.45, 2.75) is 70.6 Å². The van der Waals surface area contributed by atoms with Gasteiger partial charge in [0, 0.05) is 57.1 Å². The molecule has 0 saturated carbocycles. The molecule has 6 rings (SSSR count). The van der Waals surface area contributed by atoms with E-state index in [0.717, 1.165) is 75.1 Å². The van der Waals surface area contributed by atoms with Gasteiger partial charge >= 0.3 is 0 Å². The molecule has 2 amide bonds. The number of piperidine rings is 1. The highest BCUT2D eigenvalue weighted by molar-refractivity contribution is 5.92. The Morgan fingerprint density at radius 3 is 2.33 bits per heavy atom. The molecule has 2 aromatic carbocycles. The number of para-hydroxylation sites is 1. The molecule has 3 aliphatic heterocycles. The molecule has 3 aromatic rings. The van der Waals surface area contributed by atoms with Crippen LogP contribution in [0, 0.1) is 5.92 Å². The molecular weight excluding hydrogens is 534 g/mol. The highest BCUT2D eigenvalue weighted by atomic mass is 16.2. The summed E-state index contributed by atoms with van der Waals surface area (Å²) in [5.74, 6) is 0.909. The van der Waals surface area contributed by atoms with Gasteiger partial charge in [-0.2, -0.15) is 0 Å². The van der Waals surface area contributed by atoms with Crippen LogP contribution in [0.25, 0.3) is 0 Å². The SMILES string of the molecule is CC(=O)N1CC[C@@H]2CC[C@H](CN(C(=O)CN3CCC(Cc4ccccc4)CC3)Cc3ccccc31)N2Cc1ccccn1. The average molecular weight is 580 g/mol. The summed E-state index contributed by atoms with van der Waals surface area (Å²) >= 11 is 0. The van der Waals surface area contributed by atoms with Gasteiger partial charge in [0.2, 0.25) is 11.8 Å². The lowest BCUT2D eigenvalue weighted by Gasteiger charge is -2.36. The van der Waals surface area contributed by atoms with Crippen LogP contribution in [0.15, 0.2) is 79.0 Å². The number of carbonyl (C=O) groups is 2. The van der Waals surface area contributed by atoms with Gasteiger partial charge in [-0.3, -0.25) is 24.4 Å². The highest BCUT2D eigenvalue weighted by Crippen LogP contribution is 2.32. The second-order valence-corrected chi connectivity index (χ2v) is 12.6. The number of hydrogen-bond donors (Lipinski definition) is 0. The first-order chi connectivity index (χ1) is 21.0. The van der Waals surface area contributed by atoms with Crippen LogP contribution < -0.4 is 4.90 Å². The molecule has 2 saturated heterocycles. The van der Waals surface area contributed by atoms with E-state index in [1.54, 1.807) is 6.92 Å². The van der Waals surface area contributed by atoms with Crippen LogP contribution in [-0.2, 0) is 29.1 Å². The fourth-order valence-electron chi connectivity index (χ4n) is 7.39. The summed E-state index contributed by atoms with van der Waals surface area (Å²) in [5.41, 5.74) is 4.44. The second kappa shape index (κ2) is 13.8. The van der Waals surface area contributed by atoms with Gasteiger partial charge in [0.15, 0.2) is 0 Å². The van der Waals surface area contributed by atoms with Crippen LogP contribution in [-0.4, -0.2) is 76.3 Å². The van der Waals surface area contributed by atoms with Gasteiger partial charge in [-0.1, -0.05) is 54.6 Å². The Morgan fingerprint density at radius 1 is 0.814 bits per heavy atom. The van der Waals surface area contributed by atoms with E-state index < -0.39 is 0 Å². The Balaban J connectivity index is 1.20. The second-order valence-electron chi connectivity index (χ2n) is 12.6. The Labute approximate surface area is 256 Å². The molecule has 226 valence electrons. The lowest BCUT2D eigenvalue weighted by atomic mass is 9.90. The molecule has 7 heteroatoms. The first-order valence-corrected chi connectivity index (χ1v) is 16.1. The third kappa shape index (κ3) is 7.34. The topological polar surface area (TPSA) is 60.0 Å². The van der Waals surface area contributed by atoms with Crippen LogP contribution in [0.4, 0.5) is 5.69 Å². The number of carbonyl (C=O) groups excluding carboxylic acids is 2. The van der Waals surface area contributed by atoms with Gasteiger partial charge in [-0.15, -0.1) is 0 Å². The van der Waals surface area contributed by atoms with Crippen molar-refractivity contribution in [1.82, 2.24) is 19.7 Å². The van der Waals surface area contributed by atoms with Crippen molar-refractivity contribution >= 4 is 17.5 Å². The van der Waals surface area contributed by atoms with Gasteiger partial charge in [-0.25, -0.2) is 0 Å². The number of anilines is 1. The first-order valence-electron chi connectivity index (χ1n) is 16.1. The molecule has 4 heterocycles. The molecular formula is C36H45N5O2. The van der Waals surface area contributed by atoms with E-state index in [2.05, 4.69) is 62.1 Å². The normalized spacial score (nSPS) is 22.2. The minimum atomic E-state index is 0.0498. The molecule has 2 bridgehead atoms. The molecule has 0 unspecified atom stereocenters. The number of fused-ring (bicyclic) bond motifs is 3. The summed E-state index contributed by atoms with van der Waals surface area (Å²) in [6.07, 6.45) is 8.25. The monoisotopic (exact) mass is 579 g/mol. The quantitative estimate of drug-likeness (QED) is 0.404. The fraction of sp³-hybridized carbons (Fsp3) is 0.472. The number of aromatic nitrogens is 1. The Kier molecular flexibility index (Phi) is 9.49. The highest BCUT2D eigenvalue weighted by Gasteiger charge is 2.37. The van der Waals surface area contributed by atoms with Gasteiger partial charge in [-0.05, 0) is 86.9 Å². The lowest BCUT2D eigenvalue weighted by molar-refractivity contribution is -0.134. The zero-order valence-electron chi connectivity index (χ0n) is 25.5. The number of nitrogens with zero attached hydrogens (tertiary/aromatic N) is 5. The van der Waals surface area contributed by atoms with Crippen LogP contribution in [0.5, 0.6) is 0 Å². The molecule has 7 nitrogen and oxygen atoms in total. The van der Waals surface area contributed by atoms with Crippen molar-refractivity contribution in [3.63, 3.8) is 0 Å². The van der Waals surface area contributed by atoms with Crippen molar-refractivity contribution in [2.75, 3.05) is 37.6 Å². The maximum absolute atomic E-state index is 14.1. The smallest absolute Gasteiger partial charge is 0.237 e. The largest absolute Gasteiger partial charge is 0.336 e. The Hall–Kier alpha value is -3.55. The van der Waals surface area contributed by atoms with Crippen molar-refractivity contribution in [3.05, 3.63) is 95.8 Å². The predicted molar refractivity (Wildman–Crippen MR) is 170 cm³/mol. The standard InChI is InChI=1S/C36H45N5O2/c1-28(42)40-22-18-33-14-15-34(41(33)25-32-12-7-8-19-37-32)26-39(24-31-11-5-6-13-35(31)40)36(43)27-38-20-16-30(17-21-38)23-29-9-3-2-4-10-29/h2-13,19,30,33-34H,14-18,20-27H2,1H3/t33-,34+/m0/s1. The Bertz CT molecular complexity index is 1360. The van der Waals surface area contributed by atoms with Crippen LogP contribution in [0.3, 0.4) is 0 Å². The van der Waals surface area contributed by atoms with E-state index in [-0.39, 0.29) is 17.9 Å². The van der Waals surface area contributed by atoms with Crippen LogP contribution >= 0.6 is 0 Å². The fourth-order valence-corrected chi connectivity index (χ4v) is 7.39. The van der Waals surface area contributed by atoms with Crippen molar-refractivity contribution < 1.29 is 9.59 Å². The van der Waals surface area contributed by atoms with Crippen LogP contribution in [0.1, 0.15) is 55.8 Å². The van der Waals surface area contributed by atoms with Crippen molar-refractivity contribution in [2.24, 2.45) is 5.92 Å². The van der Waals surface area contributed by atoms with Crippen molar-refractivity contribution in [3.8, 4) is 0 Å². The molecule has 43 heavy (non-hydrogen) atoms. The number of likely N-dealkylation sites (tertiary alicyclic amines) is 1. The summed E-state index contributed by atoms with van der Waals surface area (Å²) in [7, 11) is 0. The first kappa shape index (κ1) is 29.5.